The van der Waals surface area contributed by atoms with Gasteiger partial charge in [-0.2, -0.15) is 4.73 Å². The van der Waals surface area contributed by atoms with E-state index < -0.39 is 0 Å². The fraction of sp³-hybridized carbons (Fsp3) is 0.0833. The van der Waals surface area contributed by atoms with Crippen LogP contribution in [0.3, 0.4) is 0 Å². The number of nitrogens with zero attached hydrogens (tertiary/aromatic N) is 1. The summed E-state index contributed by atoms with van der Waals surface area (Å²) in [7, 11) is 0. The summed E-state index contributed by atoms with van der Waals surface area (Å²) in [6.07, 6.45) is 1.35. The molecule has 0 unspecified atom stereocenters. The topological polar surface area (TPSA) is 79.0 Å². The first-order valence-electron chi connectivity index (χ1n) is 5.01. The molecule has 87 valence electrons. The molecule has 1 heterocycles. The normalized spacial score (nSPS) is 10.5. The highest BCUT2D eigenvalue weighted by atomic mass is 35.5. The van der Waals surface area contributed by atoms with Crippen LogP contribution in [0.15, 0.2) is 30.5 Å². The monoisotopic (exact) mass is 248 g/mol. The fourth-order valence-corrected chi connectivity index (χ4v) is 1.88. The summed E-state index contributed by atoms with van der Waals surface area (Å²) in [5.41, 5.74) is 13.5. The Bertz CT molecular complexity index is 537. The Labute approximate surface area is 104 Å². The predicted octanol–water partition coefficient (Wildman–Crippen LogP) is 1.48. The smallest absolute Gasteiger partial charge is 0.247 e. The van der Waals surface area contributed by atoms with Crippen LogP contribution in [0.2, 0.25) is 5.02 Å². The maximum Gasteiger partial charge on any atom is 0.247 e. The van der Waals surface area contributed by atoms with Crippen molar-refractivity contribution >= 4 is 17.3 Å². The second-order valence-corrected chi connectivity index (χ2v) is 3.99. The Morgan fingerprint density at radius 2 is 2.18 bits per heavy atom. The number of anilines is 1. The number of aromatic nitrogens is 1. The SMILES string of the molecule is NCc1cc(Cl)ccc1-c1c(N)[c]cc[n+]1[O-]. The molecule has 0 amide bonds. The number of nitrogen functional groups attached to an aromatic ring is 1. The predicted molar refractivity (Wildman–Crippen MR) is 67.0 cm³/mol. The average Bonchev–Trinajstić information content (AvgIpc) is 2.30. The van der Waals surface area contributed by atoms with E-state index in [1.165, 1.54) is 12.3 Å². The summed E-state index contributed by atoms with van der Waals surface area (Å²) in [5.74, 6) is 0. The molecule has 0 spiro atoms. The summed E-state index contributed by atoms with van der Waals surface area (Å²) in [6, 6.07) is 9.42. The lowest BCUT2D eigenvalue weighted by Gasteiger charge is -2.10. The molecule has 2 rings (SSSR count). The van der Waals surface area contributed by atoms with Gasteiger partial charge in [0.15, 0.2) is 6.20 Å². The molecule has 1 radical (unpaired) electrons. The highest BCUT2D eigenvalue weighted by Crippen LogP contribution is 2.27. The quantitative estimate of drug-likeness (QED) is 0.624. The van der Waals surface area contributed by atoms with Crippen molar-refractivity contribution in [3.63, 3.8) is 0 Å². The van der Waals surface area contributed by atoms with Crippen molar-refractivity contribution in [3.8, 4) is 11.3 Å². The number of hydrogen-bond acceptors (Lipinski definition) is 3. The van der Waals surface area contributed by atoms with Crippen molar-refractivity contribution < 1.29 is 4.73 Å². The lowest BCUT2D eigenvalue weighted by atomic mass is 10.0. The zero-order valence-electron chi connectivity index (χ0n) is 8.98. The van der Waals surface area contributed by atoms with Crippen LogP contribution in [0.4, 0.5) is 5.69 Å². The first-order chi connectivity index (χ1) is 8.13. The molecule has 4 N–H and O–H groups in total. The van der Waals surface area contributed by atoms with Gasteiger partial charge in [-0.3, -0.25) is 0 Å². The molecule has 1 aromatic carbocycles. The van der Waals surface area contributed by atoms with E-state index in [1.54, 1.807) is 18.2 Å². The Hall–Kier alpha value is -1.78. The Kier molecular flexibility index (Phi) is 3.17. The molecule has 0 fully saturated rings. The Balaban J connectivity index is 2.68. The van der Waals surface area contributed by atoms with Gasteiger partial charge in [0.05, 0.1) is 5.56 Å². The third kappa shape index (κ3) is 2.18. The molecule has 4 nitrogen and oxygen atoms in total. The number of rotatable bonds is 2. The van der Waals surface area contributed by atoms with Crippen molar-refractivity contribution in [3.05, 3.63) is 52.3 Å². The molecule has 0 atom stereocenters. The molecular formula is C12H11ClN3O. The molecule has 0 bridgehead atoms. The lowest BCUT2D eigenvalue weighted by Crippen LogP contribution is -2.30. The number of benzene rings is 1. The second kappa shape index (κ2) is 4.61. The fourth-order valence-electron chi connectivity index (χ4n) is 1.68. The third-order valence-corrected chi connectivity index (χ3v) is 2.70. The minimum Gasteiger partial charge on any atom is -0.618 e. The van der Waals surface area contributed by atoms with Gasteiger partial charge in [0, 0.05) is 23.7 Å². The van der Waals surface area contributed by atoms with E-state index in [9.17, 15) is 5.21 Å². The number of halogens is 1. The third-order valence-electron chi connectivity index (χ3n) is 2.47. The molecule has 2 aromatic rings. The zero-order chi connectivity index (χ0) is 12.4. The van der Waals surface area contributed by atoms with Gasteiger partial charge >= 0.3 is 0 Å². The van der Waals surface area contributed by atoms with Crippen LogP contribution < -0.4 is 16.2 Å². The summed E-state index contributed by atoms with van der Waals surface area (Å²) >= 11 is 5.88. The highest BCUT2D eigenvalue weighted by molar-refractivity contribution is 6.30. The molecule has 0 saturated carbocycles. The van der Waals surface area contributed by atoms with Crippen LogP contribution in [0.1, 0.15) is 5.56 Å². The highest BCUT2D eigenvalue weighted by Gasteiger charge is 2.16. The van der Waals surface area contributed by atoms with Gasteiger partial charge in [-0.05, 0) is 23.8 Å². The summed E-state index contributed by atoms with van der Waals surface area (Å²) in [4.78, 5) is 0. The van der Waals surface area contributed by atoms with E-state index in [4.69, 9.17) is 23.1 Å². The van der Waals surface area contributed by atoms with E-state index in [-0.39, 0.29) is 6.54 Å². The van der Waals surface area contributed by atoms with Crippen LogP contribution >= 0.6 is 11.6 Å². The summed E-state index contributed by atoms with van der Waals surface area (Å²) in [5, 5.41) is 12.3. The standard InChI is InChI=1S/C12H11ClN3O/c13-9-3-4-10(8(6-9)7-14)12-11(15)2-1-5-16(12)17/h1,3-6H,7,14-15H2. The van der Waals surface area contributed by atoms with Crippen LogP contribution in [-0.2, 0) is 6.54 Å². The summed E-state index contributed by atoms with van der Waals surface area (Å²) in [6.45, 7) is 0.282. The van der Waals surface area contributed by atoms with Gasteiger partial charge in [-0.25, -0.2) is 0 Å². The van der Waals surface area contributed by atoms with Crippen LogP contribution in [0.25, 0.3) is 11.3 Å². The molecule has 0 aliphatic carbocycles. The van der Waals surface area contributed by atoms with Crippen molar-refractivity contribution in [2.75, 3.05) is 5.73 Å². The van der Waals surface area contributed by atoms with Crippen molar-refractivity contribution in [2.24, 2.45) is 5.73 Å². The molecule has 0 aliphatic rings. The Morgan fingerprint density at radius 3 is 2.82 bits per heavy atom. The zero-order valence-corrected chi connectivity index (χ0v) is 9.74. The van der Waals surface area contributed by atoms with E-state index in [0.29, 0.717) is 26.7 Å². The van der Waals surface area contributed by atoms with E-state index in [1.807, 2.05) is 0 Å². The number of pyridine rings is 1. The molecule has 1 aromatic heterocycles. The molecule has 5 heteroatoms. The largest absolute Gasteiger partial charge is 0.618 e. The molecule has 0 aliphatic heterocycles. The van der Waals surface area contributed by atoms with Gasteiger partial charge in [0.25, 0.3) is 0 Å². The van der Waals surface area contributed by atoms with Crippen LogP contribution in [-0.4, -0.2) is 0 Å². The first kappa shape index (κ1) is 11.7. The van der Waals surface area contributed by atoms with Crippen molar-refractivity contribution in [1.82, 2.24) is 0 Å². The Morgan fingerprint density at radius 1 is 1.41 bits per heavy atom. The van der Waals surface area contributed by atoms with Crippen molar-refractivity contribution in [1.29, 1.82) is 0 Å². The minimum atomic E-state index is 0.282. The molecule has 0 saturated heterocycles. The number of nitrogens with two attached hydrogens (primary N) is 2. The van der Waals surface area contributed by atoms with Gasteiger partial charge in [-0.1, -0.05) is 11.6 Å². The second-order valence-electron chi connectivity index (χ2n) is 3.55. The van der Waals surface area contributed by atoms with Crippen LogP contribution in [0, 0.1) is 11.3 Å². The van der Waals surface area contributed by atoms with E-state index in [2.05, 4.69) is 6.07 Å². The molecular weight excluding hydrogens is 238 g/mol. The lowest BCUT2D eigenvalue weighted by molar-refractivity contribution is -0.593. The maximum atomic E-state index is 11.7. The van der Waals surface area contributed by atoms with Gasteiger partial charge in [0.1, 0.15) is 5.69 Å². The van der Waals surface area contributed by atoms with Gasteiger partial charge in [0.2, 0.25) is 5.69 Å². The van der Waals surface area contributed by atoms with Gasteiger partial charge < -0.3 is 16.7 Å². The maximum absolute atomic E-state index is 11.7. The van der Waals surface area contributed by atoms with E-state index >= 15 is 0 Å². The van der Waals surface area contributed by atoms with Gasteiger partial charge in [-0.15, -0.1) is 0 Å². The van der Waals surface area contributed by atoms with Crippen molar-refractivity contribution in [2.45, 2.75) is 6.54 Å². The number of hydrogen-bond donors (Lipinski definition) is 2. The first-order valence-corrected chi connectivity index (χ1v) is 5.39. The van der Waals surface area contributed by atoms with Crippen LogP contribution in [0.5, 0.6) is 0 Å². The average molecular weight is 249 g/mol. The van der Waals surface area contributed by atoms with E-state index in [0.717, 1.165) is 5.56 Å². The molecule has 17 heavy (non-hydrogen) atoms. The summed E-state index contributed by atoms with van der Waals surface area (Å²) < 4.78 is 0.703. The minimum absolute atomic E-state index is 0.282.